The van der Waals surface area contributed by atoms with Crippen molar-refractivity contribution in [3.05, 3.63) is 193 Å². The van der Waals surface area contributed by atoms with Crippen molar-refractivity contribution < 1.29 is 4.74 Å². The smallest absolute Gasteiger partial charge is 0.152 e. The molecular weight excluding hydrogens is 633 g/mol. The Morgan fingerprint density at radius 1 is 0.442 bits per heavy atom. The van der Waals surface area contributed by atoms with Gasteiger partial charge in [0.1, 0.15) is 0 Å². The number of nitrogens with zero attached hydrogens (tertiary/aromatic N) is 2. The minimum Gasteiger partial charge on any atom is -0.453 e. The molecule has 10 rings (SSSR count). The zero-order valence-electron chi connectivity index (χ0n) is 29.1. The molecule has 0 unspecified atom stereocenters. The summed E-state index contributed by atoms with van der Waals surface area (Å²) in [7, 11) is 0. The van der Waals surface area contributed by atoms with Crippen LogP contribution in [0.4, 0.5) is 34.1 Å². The topological polar surface area (TPSA) is 15.7 Å². The van der Waals surface area contributed by atoms with Crippen molar-refractivity contribution in [2.24, 2.45) is 0 Å². The summed E-state index contributed by atoms with van der Waals surface area (Å²) >= 11 is 0. The number of anilines is 6. The van der Waals surface area contributed by atoms with E-state index in [2.05, 4.69) is 206 Å². The Hall–Kier alpha value is -6.58. The van der Waals surface area contributed by atoms with E-state index in [-0.39, 0.29) is 5.41 Å². The van der Waals surface area contributed by atoms with E-state index in [1.165, 1.54) is 49.8 Å². The quantitative estimate of drug-likeness (QED) is 0.182. The Morgan fingerprint density at radius 2 is 1.00 bits per heavy atom. The monoisotopic (exact) mass is 668 g/mol. The first-order valence-electron chi connectivity index (χ1n) is 17.9. The molecule has 8 aromatic rings. The molecule has 0 aliphatic carbocycles. The van der Waals surface area contributed by atoms with Crippen molar-refractivity contribution in [2.45, 2.75) is 19.3 Å². The van der Waals surface area contributed by atoms with Gasteiger partial charge in [0, 0.05) is 27.9 Å². The van der Waals surface area contributed by atoms with Gasteiger partial charge in [-0.25, -0.2) is 0 Å². The molecule has 0 radical (unpaired) electrons. The molecule has 3 nitrogen and oxygen atoms in total. The van der Waals surface area contributed by atoms with Crippen LogP contribution in [0.2, 0.25) is 0 Å². The van der Waals surface area contributed by atoms with Gasteiger partial charge in [0.2, 0.25) is 0 Å². The van der Waals surface area contributed by atoms with E-state index >= 15 is 0 Å². The van der Waals surface area contributed by atoms with E-state index in [9.17, 15) is 0 Å². The summed E-state index contributed by atoms with van der Waals surface area (Å²) in [6.07, 6.45) is 0. The van der Waals surface area contributed by atoms with Crippen LogP contribution in [0.25, 0.3) is 33.0 Å². The fourth-order valence-corrected chi connectivity index (χ4v) is 8.17. The highest BCUT2D eigenvalue weighted by Crippen LogP contribution is 2.61. The fourth-order valence-electron chi connectivity index (χ4n) is 8.17. The molecule has 0 aromatic heterocycles. The number of benzene rings is 8. The second-order valence-electron chi connectivity index (χ2n) is 14.2. The van der Waals surface area contributed by atoms with Crippen LogP contribution in [-0.2, 0) is 5.41 Å². The molecular formula is C49H36N2O. The Labute approximate surface area is 304 Å². The molecule has 0 saturated heterocycles. The maximum absolute atomic E-state index is 6.60. The van der Waals surface area contributed by atoms with Gasteiger partial charge in [-0.1, -0.05) is 135 Å². The van der Waals surface area contributed by atoms with Crippen LogP contribution in [0.1, 0.15) is 25.0 Å². The van der Waals surface area contributed by atoms with Crippen LogP contribution in [-0.4, -0.2) is 0 Å². The van der Waals surface area contributed by atoms with E-state index < -0.39 is 0 Å². The van der Waals surface area contributed by atoms with Gasteiger partial charge in [-0.05, 0) is 99.4 Å². The first-order chi connectivity index (χ1) is 25.5. The van der Waals surface area contributed by atoms with E-state index in [0.29, 0.717) is 0 Å². The number of rotatable bonds is 5. The van der Waals surface area contributed by atoms with Crippen molar-refractivity contribution in [3.8, 4) is 33.8 Å². The first kappa shape index (κ1) is 30.3. The predicted molar refractivity (Wildman–Crippen MR) is 216 cm³/mol. The summed E-state index contributed by atoms with van der Waals surface area (Å²) in [4.78, 5) is 4.74. The molecule has 2 aliphatic heterocycles. The van der Waals surface area contributed by atoms with Crippen molar-refractivity contribution in [1.29, 1.82) is 0 Å². The summed E-state index contributed by atoms with van der Waals surface area (Å²) in [5, 5.41) is 2.39. The van der Waals surface area contributed by atoms with Gasteiger partial charge >= 0.3 is 0 Å². The van der Waals surface area contributed by atoms with E-state index in [1.54, 1.807) is 0 Å². The average molecular weight is 669 g/mol. The van der Waals surface area contributed by atoms with E-state index in [1.807, 2.05) is 0 Å². The highest BCUT2D eigenvalue weighted by atomic mass is 16.5. The molecule has 8 aromatic carbocycles. The summed E-state index contributed by atoms with van der Waals surface area (Å²) in [6.45, 7) is 4.68. The molecule has 3 heteroatoms. The summed E-state index contributed by atoms with van der Waals surface area (Å²) in [5.74, 6) is 1.79. The zero-order chi connectivity index (χ0) is 34.8. The van der Waals surface area contributed by atoms with Crippen molar-refractivity contribution in [1.82, 2.24) is 0 Å². The highest BCUT2D eigenvalue weighted by Gasteiger charge is 2.42. The lowest BCUT2D eigenvalue weighted by atomic mass is 9.72. The van der Waals surface area contributed by atoms with Crippen LogP contribution in [0.15, 0.2) is 182 Å². The normalized spacial score (nSPS) is 13.5. The van der Waals surface area contributed by atoms with Gasteiger partial charge in [-0.15, -0.1) is 0 Å². The van der Waals surface area contributed by atoms with Crippen molar-refractivity contribution in [3.63, 3.8) is 0 Å². The third-order valence-electron chi connectivity index (χ3n) is 10.8. The maximum atomic E-state index is 6.60. The molecule has 0 bridgehead atoms. The Bertz CT molecular complexity index is 2570. The van der Waals surface area contributed by atoms with Gasteiger partial charge in [-0.2, -0.15) is 0 Å². The lowest BCUT2D eigenvalue weighted by Crippen LogP contribution is -2.32. The highest BCUT2D eigenvalue weighted by molar-refractivity contribution is 6.06. The molecule has 248 valence electrons. The maximum Gasteiger partial charge on any atom is 0.152 e. The van der Waals surface area contributed by atoms with Gasteiger partial charge < -0.3 is 14.5 Å². The Balaban J connectivity index is 1.01. The molecule has 0 fully saturated rings. The molecule has 52 heavy (non-hydrogen) atoms. The summed E-state index contributed by atoms with van der Waals surface area (Å²) in [6, 6.07) is 65.3. The number of hydrogen-bond acceptors (Lipinski definition) is 3. The number of fused-ring (bicyclic) bond motifs is 6. The molecule has 0 N–H and O–H groups in total. The molecule has 0 amide bonds. The Morgan fingerprint density at radius 3 is 1.69 bits per heavy atom. The van der Waals surface area contributed by atoms with E-state index in [4.69, 9.17) is 4.74 Å². The zero-order valence-corrected chi connectivity index (χ0v) is 29.1. The lowest BCUT2D eigenvalue weighted by Gasteiger charge is -2.45. The second-order valence-corrected chi connectivity index (χ2v) is 14.2. The minimum atomic E-state index is -0.228. The molecule has 0 saturated carbocycles. The number of para-hydroxylation sites is 3. The molecule has 0 spiro atoms. The summed E-state index contributed by atoms with van der Waals surface area (Å²) in [5.41, 5.74) is 14.0. The van der Waals surface area contributed by atoms with Gasteiger partial charge in [-0.3, -0.25) is 0 Å². The van der Waals surface area contributed by atoms with Crippen LogP contribution in [0.3, 0.4) is 0 Å². The number of hydrogen-bond donors (Lipinski definition) is 0. The Kier molecular flexibility index (Phi) is 6.84. The van der Waals surface area contributed by atoms with E-state index in [0.717, 1.165) is 39.9 Å². The van der Waals surface area contributed by atoms with Crippen LogP contribution in [0.5, 0.6) is 11.5 Å². The second kappa shape index (κ2) is 11.8. The average Bonchev–Trinajstić information content (AvgIpc) is 3.20. The van der Waals surface area contributed by atoms with Crippen LogP contribution in [0, 0.1) is 0 Å². The largest absolute Gasteiger partial charge is 0.453 e. The standard InChI is InChI=1S/C49H36N2O/c1-49(2)42-18-11-19-45-48(42)51(47-41-17-10-9-12-36(41)27-31-46(47)52-45)44-30-26-37(32-43(44)49)35-22-20-33(21-23-35)34-24-28-40(29-25-34)50(38-13-5-3-6-14-38)39-15-7-4-8-16-39/h3-32H,1-2H3. The van der Waals surface area contributed by atoms with Crippen molar-refractivity contribution >= 4 is 44.9 Å². The SMILES string of the molecule is CC1(C)c2cc(-c3ccc(-c4ccc(N(c5ccccc5)c5ccccc5)cc4)cc3)ccc2N2c3c(cccc31)Oc1ccc3ccccc3c12. The molecule has 2 aliphatic rings. The third-order valence-corrected chi connectivity index (χ3v) is 10.8. The van der Waals surface area contributed by atoms with Crippen LogP contribution < -0.4 is 14.5 Å². The number of ether oxygens (including phenoxy) is 1. The van der Waals surface area contributed by atoms with Gasteiger partial charge in [0.05, 0.1) is 17.1 Å². The molecule has 2 heterocycles. The van der Waals surface area contributed by atoms with Crippen molar-refractivity contribution in [2.75, 3.05) is 9.80 Å². The van der Waals surface area contributed by atoms with Gasteiger partial charge in [0.25, 0.3) is 0 Å². The minimum absolute atomic E-state index is 0.228. The fraction of sp³-hybridized carbons (Fsp3) is 0.0612. The first-order valence-corrected chi connectivity index (χ1v) is 17.9. The predicted octanol–water partition coefficient (Wildman–Crippen LogP) is 13.9. The van der Waals surface area contributed by atoms with Gasteiger partial charge in [0.15, 0.2) is 11.5 Å². The lowest BCUT2D eigenvalue weighted by molar-refractivity contribution is 0.472. The summed E-state index contributed by atoms with van der Waals surface area (Å²) < 4.78 is 6.60. The van der Waals surface area contributed by atoms with Crippen LogP contribution >= 0.6 is 0 Å². The molecule has 0 atom stereocenters. The third kappa shape index (κ3) is 4.74.